The minimum absolute atomic E-state index is 0.174. The van der Waals surface area contributed by atoms with Gasteiger partial charge in [-0.25, -0.2) is 4.98 Å². The maximum absolute atomic E-state index is 12.2. The lowest BCUT2D eigenvalue weighted by Gasteiger charge is -2.06. The van der Waals surface area contributed by atoms with E-state index in [1.54, 1.807) is 24.3 Å². The van der Waals surface area contributed by atoms with Crippen molar-refractivity contribution in [3.8, 4) is 0 Å². The molecule has 23 heavy (non-hydrogen) atoms. The van der Waals surface area contributed by atoms with Crippen molar-refractivity contribution in [2.24, 2.45) is 0 Å². The van der Waals surface area contributed by atoms with Crippen molar-refractivity contribution in [3.63, 3.8) is 0 Å². The number of aromatic nitrogens is 2. The molecule has 2 aromatic heterocycles. The number of anilines is 1. The third-order valence-corrected chi connectivity index (χ3v) is 3.29. The Hall–Kier alpha value is -3.15. The van der Waals surface area contributed by atoms with Gasteiger partial charge in [0.2, 0.25) is 5.91 Å². The molecule has 0 aliphatic rings. The van der Waals surface area contributed by atoms with Crippen LogP contribution in [-0.4, -0.2) is 21.2 Å². The van der Waals surface area contributed by atoms with Crippen LogP contribution in [0.4, 0.5) is 5.69 Å². The zero-order valence-corrected chi connectivity index (χ0v) is 12.6. The molecule has 0 atom stereocenters. The molecule has 2 amide bonds. The molecule has 0 saturated carbocycles. The van der Waals surface area contributed by atoms with Gasteiger partial charge in [0.1, 0.15) is 5.65 Å². The van der Waals surface area contributed by atoms with Gasteiger partial charge in [0.05, 0.1) is 12.2 Å². The van der Waals surface area contributed by atoms with E-state index >= 15 is 0 Å². The number of hydrogen-bond acceptors (Lipinski definition) is 3. The molecule has 6 nitrogen and oxygen atoms in total. The van der Waals surface area contributed by atoms with E-state index < -0.39 is 0 Å². The highest BCUT2D eigenvalue weighted by Gasteiger charge is 2.08. The van der Waals surface area contributed by atoms with Gasteiger partial charge in [-0.15, -0.1) is 0 Å². The van der Waals surface area contributed by atoms with Gasteiger partial charge in [-0.1, -0.05) is 12.1 Å². The minimum Gasteiger partial charge on any atom is -0.346 e. The number of amides is 2. The Bertz CT molecular complexity index is 837. The number of hydrogen-bond donors (Lipinski definition) is 2. The van der Waals surface area contributed by atoms with Crippen LogP contribution in [-0.2, 0) is 11.3 Å². The Morgan fingerprint density at radius 1 is 1.17 bits per heavy atom. The molecular formula is C17H16N4O2. The molecule has 1 aromatic carbocycles. The Balaban J connectivity index is 1.68. The number of fused-ring (bicyclic) bond motifs is 1. The lowest BCUT2D eigenvalue weighted by molar-refractivity contribution is -0.114. The highest BCUT2D eigenvalue weighted by atomic mass is 16.2. The molecule has 3 rings (SSSR count). The van der Waals surface area contributed by atoms with Gasteiger partial charge < -0.3 is 15.0 Å². The maximum atomic E-state index is 12.2. The van der Waals surface area contributed by atoms with E-state index in [-0.39, 0.29) is 11.8 Å². The summed E-state index contributed by atoms with van der Waals surface area (Å²) in [7, 11) is 0. The van der Waals surface area contributed by atoms with Crippen molar-refractivity contribution < 1.29 is 9.59 Å². The summed E-state index contributed by atoms with van der Waals surface area (Å²) in [6, 6.07) is 12.5. The average Bonchev–Trinajstić information content (AvgIpc) is 2.95. The summed E-state index contributed by atoms with van der Waals surface area (Å²) >= 11 is 0. The average molecular weight is 308 g/mol. The number of pyridine rings is 1. The normalized spacial score (nSPS) is 10.5. The van der Waals surface area contributed by atoms with E-state index in [2.05, 4.69) is 15.6 Å². The summed E-state index contributed by atoms with van der Waals surface area (Å²) in [6.07, 6.45) is 3.79. The van der Waals surface area contributed by atoms with Gasteiger partial charge in [-0.3, -0.25) is 9.59 Å². The summed E-state index contributed by atoms with van der Waals surface area (Å²) in [5.41, 5.74) is 2.70. The predicted molar refractivity (Wildman–Crippen MR) is 87.1 cm³/mol. The molecule has 2 heterocycles. The first kappa shape index (κ1) is 14.8. The number of rotatable bonds is 4. The molecule has 0 spiro atoms. The number of nitrogens with one attached hydrogen (secondary N) is 2. The summed E-state index contributed by atoms with van der Waals surface area (Å²) in [4.78, 5) is 27.7. The number of imidazole rings is 1. The second-order valence-corrected chi connectivity index (χ2v) is 5.14. The topological polar surface area (TPSA) is 75.5 Å². The van der Waals surface area contributed by atoms with Gasteiger partial charge in [-0.05, 0) is 30.3 Å². The summed E-state index contributed by atoms with van der Waals surface area (Å²) in [5, 5.41) is 5.49. The molecule has 3 aromatic rings. The van der Waals surface area contributed by atoms with Crippen molar-refractivity contribution in [2.75, 3.05) is 5.32 Å². The Morgan fingerprint density at radius 2 is 2.04 bits per heavy atom. The molecular weight excluding hydrogens is 292 g/mol. The lowest BCUT2D eigenvalue weighted by Crippen LogP contribution is -2.23. The largest absolute Gasteiger partial charge is 0.346 e. The van der Waals surface area contributed by atoms with Crippen LogP contribution in [0.25, 0.3) is 5.65 Å². The highest BCUT2D eigenvalue weighted by molar-refractivity contribution is 5.96. The van der Waals surface area contributed by atoms with Crippen molar-refractivity contribution in [1.82, 2.24) is 14.7 Å². The van der Waals surface area contributed by atoms with Crippen molar-refractivity contribution >= 4 is 23.1 Å². The summed E-state index contributed by atoms with van der Waals surface area (Å²) in [6.45, 7) is 1.76. The van der Waals surface area contributed by atoms with Crippen LogP contribution in [0.2, 0.25) is 0 Å². The lowest BCUT2D eigenvalue weighted by atomic mass is 10.2. The van der Waals surface area contributed by atoms with Crippen LogP contribution in [0.3, 0.4) is 0 Å². The summed E-state index contributed by atoms with van der Waals surface area (Å²) < 4.78 is 1.90. The van der Waals surface area contributed by atoms with Crippen LogP contribution >= 0.6 is 0 Å². The fraction of sp³-hybridized carbons (Fsp3) is 0.118. The van der Waals surface area contributed by atoms with Crippen LogP contribution < -0.4 is 10.6 Å². The van der Waals surface area contributed by atoms with Crippen LogP contribution in [0, 0.1) is 0 Å². The third kappa shape index (κ3) is 3.55. The van der Waals surface area contributed by atoms with E-state index in [0.717, 1.165) is 11.3 Å². The first-order valence-electron chi connectivity index (χ1n) is 7.20. The number of carbonyl (C=O) groups is 2. The number of carbonyl (C=O) groups excluding carboxylic acids is 2. The third-order valence-electron chi connectivity index (χ3n) is 3.29. The molecule has 0 fully saturated rings. The molecule has 6 heteroatoms. The number of benzene rings is 1. The van der Waals surface area contributed by atoms with E-state index in [0.29, 0.717) is 17.8 Å². The fourth-order valence-electron chi connectivity index (χ4n) is 2.29. The fourth-order valence-corrected chi connectivity index (χ4v) is 2.29. The second kappa shape index (κ2) is 6.31. The molecule has 116 valence electrons. The predicted octanol–water partition coefficient (Wildman–Crippen LogP) is 2.22. The first-order valence-corrected chi connectivity index (χ1v) is 7.20. The highest BCUT2D eigenvalue weighted by Crippen LogP contribution is 2.11. The standard InChI is InChI=1S/C17H16N4O2/c1-12(22)19-14-6-4-5-13(9-14)17(23)18-10-15-11-21-8-3-2-7-16(21)20-15/h2-9,11H,10H2,1H3,(H,18,23)(H,19,22). The van der Waals surface area contributed by atoms with Gasteiger partial charge in [0, 0.05) is 30.6 Å². The molecule has 0 aliphatic heterocycles. The Kier molecular flexibility index (Phi) is 4.05. The smallest absolute Gasteiger partial charge is 0.251 e. The van der Waals surface area contributed by atoms with Crippen molar-refractivity contribution in [1.29, 1.82) is 0 Å². The van der Waals surface area contributed by atoms with E-state index in [4.69, 9.17) is 0 Å². The van der Waals surface area contributed by atoms with Crippen LogP contribution in [0.5, 0.6) is 0 Å². The van der Waals surface area contributed by atoms with Gasteiger partial charge in [0.25, 0.3) is 5.91 Å². The molecule has 0 bridgehead atoms. The van der Waals surface area contributed by atoms with E-state index in [9.17, 15) is 9.59 Å². The van der Waals surface area contributed by atoms with Crippen molar-refractivity contribution in [3.05, 3.63) is 66.1 Å². The first-order chi connectivity index (χ1) is 11.1. The van der Waals surface area contributed by atoms with E-state index in [1.807, 2.05) is 35.0 Å². The second-order valence-electron chi connectivity index (χ2n) is 5.14. The van der Waals surface area contributed by atoms with Gasteiger partial charge in [-0.2, -0.15) is 0 Å². The van der Waals surface area contributed by atoms with E-state index in [1.165, 1.54) is 6.92 Å². The molecule has 0 radical (unpaired) electrons. The Labute approximate surface area is 133 Å². The monoisotopic (exact) mass is 308 g/mol. The van der Waals surface area contributed by atoms with Crippen molar-refractivity contribution in [2.45, 2.75) is 13.5 Å². The SMILES string of the molecule is CC(=O)Nc1cccc(C(=O)NCc2cn3ccccc3n2)c1. The maximum Gasteiger partial charge on any atom is 0.251 e. The van der Waals surface area contributed by atoms with Crippen LogP contribution in [0.15, 0.2) is 54.9 Å². The molecule has 0 aliphatic carbocycles. The Morgan fingerprint density at radius 3 is 2.83 bits per heavy atom. The summed E-state index contributed by atoms with van der Waals surface area (Å²) in [5.74, 6) is -0.387. The van der Waals surface area contributed by atoms with Crippen LogP contribution in [0.1, 0.15) is 23.0 Å². The zero-order valence-electron chi connectivity index (χ0n) is 12.6. The molecule has 2 N–H and O–H groups in total. The molecule has 0 unspecified atom stereocenters. The molecule has 0 saturated heterocycles. The zero-order chi connectivity index (χ0) is 16.2. The minimum atomic E-state index is -0.214. The quantitative estimate of drug-likeness (QED) is 0.776. The number of nitrogens with zero attached hydrogens (tertiary/aromatic N) is 2. The van der Waals surface area contributed by atoms with Gasteiger partial charge in [0.15, 0.2) is 0 Å². The van der Waals surface area contributed by atoms with Gasteiger partial charge >= 0.3 is 0 Å².